The van der Waals surface area contributed by atoms with E-state index in [1.807, 2.05) is 6.92 Å². The Bertz CT molecular complexity index is 329. The summed E-state index contributed by atoms with van der Waals surface area (Å²) in [7, 11) is 0. The summed E-state index contributed by atoms with van der Waals surface area (Å²) in [5, 5.41) is 3.18. The first-order valence-electron chi connectivity index (χ1n) is 7.93. The Morgan fingerprint density at radius 1 is 1.45 bits per heavy atom. The average Bonchev–Trinajstić information content (AvgIpc) is 2.79. The molecule has 0 aromatic carbocycles. The van der Waals surface area contributed by atoms with E-state index in [0.717, 1.165) is 25.9 Å². The summed E-state index contributed by atoms with van der Waals surface area (Å²) in [6.45, 7) is 8.42. The molecule has 0 aliphatic carbocycles. The molecular weight excluding hydrogens is 254 g/mol. The standard InChI is InChI=1S/C15H29N3O2/c1-3-4-7-18-8-5-12(6-9-18)17-14(19)15(2)11-20-10-13(15)16/h12-13H,3-11,16H2,1-2H3,(H,17,19). The molecule has 116 valence electrons. The number of unbranched alkanes of at least 4 members (excludes halogenated alkanes) is 1. The summed E-state index contributed by atoms with van der Waals surface area (Å²) in [5.74, 6) is 0.0644. The molecule has 5 nitrogen and oxygen atoms in total. The molecule has 2 aliphatic heterocycles. The Labute approximate surface area is 122 Å². The Morgan fingerprint density at radius 2 is 2.15 bits per heavy atom. The number of nitrogens with two attached hydrogens (primary N) is 1. The Hall–Kier alpha value is -0.650. The number of carbonyl (C=O) groups is 1. The van der Waals surface area contributed by atoms with Gasteiger partial charge in [0, 0.05) is 25.2 Å². The molecule has 1 amide bonds. The molecule has 0 aromatic rings. The molecule has 3 N–H and O–H groups in total. The van der Waals surface area contributed by atoms with Crippen molar-refractivity contribution in [3.05, 3.63) is 0 Å². The van der Waals surface area contributed by atoms with E-state index in [9.17, 15) is 4.79 Å². The summed E-state index contributed by atoms with van der Waals surface area (Å²) < 4.78 is 5.35. The van der Waals surface area contributed by atoms with Gasteiger partial charge in [-0.05, 0) is 32.7 Å². The molecule has 0 spiro atoms. The van der Waals surface area contributed by atoms with Crippen LogP contribution in [0, 0.1) is 5.41 Å². The molecule has 20 heavy (non-hydrogen) atoms. The molecule has 0 saturated carbocycles. The topological polar surface area (TPSA) is 67.6 Å². The fraction of sp³-hybridized carbons (Fsp3) is 0.933. The van der Waals surface area contributed by atoms with Crippen LogP contribution in [-0.2, 0) is 9.53 Å². The van der Waals surface area contributed by atoms with Crippen molar-refractivity contribution in [2.45, 2.75) is 51.6 Å². The first-order valence-corrected chi connectivity index (χ1v) is 7.93. The molecule has 5 heteroatoms. The van der Waals surface area contributed by atoms with Crippen LogP contribution in [0.5, 0.6) is 0 Å². The fourth-order valence-electron chi connectivity index (χ4n) is 2.96. The van der Waals surface area contributed by atoms with Crippen LogP contribution in [0.4, 0.5) is 0 Å². The highest BCUT2D eigenvalue weighted by Gasteiger charge is 2.44. The summed E-state index contributed by atoms with van der Waals surface area (Å²) in [4.78, 5) is 14.9. The lowest BCUT2D eigenvalue weighted by Gasteiger charge is -2.34. The molecule has 0 aromatic heterocycles. The second kappa shape index (κ2) is 6.87. The van der Waals surface area contributed by atoms with Crippen LogP contribution < -0.4 is 11.1 Å². The molecule has 2 aliphatic rings. The average molecular weight is 283 g/mol. The normalized spacial score (nSPS) is 32.5. The fourth-order valence-corrected chi connectivity index (χ4v) is 2.96. The minimum Gasteiger partial charge on any atom is -0.379 e. The van der Waals surface area contributed by atoms with Gasteiger partial charge in [0.05, 0.1) is 18.6 Å². The van der Waals surface area contributed by atoms with Gasteiger partial charge < -0.3 is 20.7 Å². The number of likely N-dealkylation sites (tertiary alicyclic amines) is 1. The van der Waals surface area contributed by atoms with E-state index in [2.05, 4.69) is 17.1 Å². The molecular formula is C15H29N3O2. The maximum Gasteiger partial charge on any atom is 0.230 e. The zero-order chi connectivity index (χ0) is 14.6. The number of piperidine rings is 1. The first-order chi connectivity index (χ1) is 9.56. The van der Waals surface area contributed by atoms with Gasteiger partial charge in [0.1, 0.15) is 0 Å². The zero-order valence-electron chi connectivity index (χ0n) is 12.9. The quantitative estimate of drug-likeness (QED) is 0.780. The van der Waals surface area contributed by atoms with E-state index < -0.39 is 5.41 Å². The highest BCUT2D eigenvalue weighted by molar-refractivity contribution is 5.83. The van der Waals surface area contributed by atoms with Crippen molar-refractivity contribution in [1.82, 2.24) is 10.2 Å². The van der Waals surface area contributed by atoms with E-state index in [0.29, 0.717) is 19.3 Å². The number of hydrogen-bond donors (Lipinski definition) is 2. The van der Waals surface area contributed by atoms with Crippen molar-refractivity contribution in [2.75, 3.05) is 32.8 Å². The highest BCUT2D eigenvalue weighted by atomic mass is 16.5. The first kappa shape index (κ1) is 15.7. The van der Waals surface area contributed by atoms with Gasteiger partial charge in [-0.25, -0.2) is 0 Å². The van der Waals surface area contributed by atoms with Crippen molar-refractivity contribution < 1.29 is 9.53 Å². The Morgan fingerprint density at radius 3 is 2.70 bits per heavy atom. The molecule has 2 fully saturated rings. The van der Waals surface area contributed by atoms with Gasteiger partial charge in [0.15, 0.2) is 0 Å². The molecule has 2 atom stereocenters. The molecule has 0 bridgehead atoms. The summed E-state index contributed by atoms with van der Waals surface area (Å²) in [6, 6.07) is 0.108. The maximum absolute atomic E-state index is 12.4. The second-order valence-corrected chi connectivity index (χ2v) is 6.48. The monoisotopic (exact) mass is 283 g/mol. The number of amides is 1. The minimum atomic E-state index is -0.556. The van der Waals surface area contributed by atoms with Gasteiger partial charge in [-0.1, -0.05) is 13.3 Å². The van der Waals surface area contributed by atoms with Crippen molar-refractivity contribution in [2.24, 2.45) is 11.1 Å². The van der Waals surface area contributed by atoms with Gasteiger partial charge in [-0.15, -0.1) is 0 Å². The van der Waals surface area contributed by atoms with Gasteiger partial charge in [-0.3, -0.25) is 4.79 Å². The van der Waals surface area contributed by atoms with Crippen LogP contribution in [0.3, 0.4) is 0 Å². The van der Waals surface area contributed by atoms with Crippen LogP contribution in [0.1, 0.15) is 39.5 Å². The van der Waals surface area contributed by atoms with Crippen LogP contribution in [0.15, 0.2) is 0 Å². The van der Waals surface area contributed by atoms with Crippen LogP contribution in [-0.4, -0.2) is 55.7 Å². The summed E-state index contributed by atoms with van der Waals surface area (Å²) in [6.07, 6.45) is 4.59. The number of carbonyl (C=O) groups excluding carboxylic acids is 1. The predicted molar refractivity (Wildman–Crippen MR) is 79.4 cm³/mol. The predicted octanol–water partition coefficient (Wildman–Crippen LogP) is 0.731. The number of hydrogen-bond acceptors (Lipinski definition) is 4. The molecule has 2 saturated heterocycles. The van der Waals surface area contributed by atoms with Crippen molar-refractivity contribution in [1.29, 1.82) is 0 Å². The highest BCUT2D eigenvalue weighted by Crippen LogP contribution is 2.27. The maximum atomic E-state index is 12.4. The lowest BCUT2D eigenvalue weighted by molar-refractivity contribution is -0.131. The minimum absolute atomic E-state index is 0.0644. The third kappa shape index (κ3) is 3.51. The number of nitrogens with one attached hydrogen (secondary N) is 1. The Balaban J connectivity index is 1.76. The molecule has 2 rings (SSSR count). The van der Waals surface area contributed by atoms with Crippen molar-refractivity contribution >= 4 is 5.91 Å². The van der Waals surface area contributed by atoms with E-state index in [-0.39, 0.29) is 11.9 Å². The van der Waals surface area contributed by atoms with Gasteiger partial charge in [-0.2, -0.15) is 0 Å². The number of nitrogens with zero attached hydrogens (tertiary/aromatic N) is 1. The van der Waals surface area contributed by atoms with Crippen molar-refractivity contribution in [3.8, 4) is 0 Å². The third-order valence-electron chi connectivity index (χ3n) is 4.79. The lowest BCUT2D eigenvalue weighted by Crippen LogP contribution is -2.54. The van der Waals surface area contributed by atoms with E-state index in [4.69, 9.17) is 10.5 Å². The Kier molecular flexibility index (Phi) is 5.41. The van der Waals surface area contributed by atoms with Gasteiger partial charge >= 0.3 is 0 Å². The van der Waals surface area contributed by atoms with Crippen LogP contribution in [0.25, 0.3) is 0 Å². The van der Waals surface area contributed by atoms with Crippen molar-refractivity contribution in [3.63, 3.8) is 0 Å². The third-order valence-corrected chi connectivity index (χ3v) is 4.79. The van der Waals surface area contributed by atoms with Gasteiger partial charge in [0.2, 0.25) is 5.91 Å². The van der Waals surface area contributed by atoms with Gasteiger partial charge in [0.25, 0.3) is 0 Å². The number of ether oxygens (including phenoxy) is 1. The molecule has 2 heterocycles. The molecule has 0 radical (unpaired) electrons. The van der Waals surface area contributed by atoms with Crippen LogP contribution in [0.2, 0.25) is 0 Å². The summed E-state index contributed by atoms with van der Waals surface area (Å²) >= 11 is 0. The smallest absolute Gasteiger partial charge is 0.230 e. The lowest BCUT2D eigenvalue weighted by atomic mass is 9.84. The van der Waals surface area contributed by atoms with E-state index in [1.165, 1.54) is 19.4 Å². The summed E-state index contributed by atoms with van der Waals surface area (Å²) in [5.41, 5.74) is 5.45. The number of rotatable bonds is 5. The zero-order valence-corrected chi connectivity index (χ0v) is 12.9. The van der Waals surface area contributed by atoms with E-state index in [1.54, 1.807) is 0 Å². The van der Waals surface area contributed by atoms with Crippen LogP contribution >= 0.6 is 0 Å². The largest absolute Gasteiger partial charge is 0.379 e. The second-order valence-electron chi connectivity index (χ2n) is 6.48. The molecule has 2 unspecified atom stereocenters. The SMILES string of the molecule is CCCCN1CCC(NC(=O)C2(C)COCC2N)CC1. The van der Waals surface area contributed by atoms with E-state index >= 15 is 0 Å².